The van der Waals surface area contributed by atoms with Gasteiger partial charge in [0.2, 0.25) is 0 Å². The first-order valence-electron chi connectivity index (χ1n) is 6.04. The Bertz CT molecular complexity index is 286. The zero-order valence-corrected chi connectivity index (χ0v) is 9.50. The van der Waals surface area contributed by atoms with Gasteiger partial charge in [0.05, 0.1) is 13.1 Å². The second-order valence-corrected chi connectivity index (χ2v) is 4.36. The van der Waals surface area contributed by atoms with Crippen molar-refractivity contribution in [1.82, 2.24) is 0 Å². The molecule has 1 atom stereocenters. The maximum absolute atomic E-state index is 3.51. The molecule has 1 saturated heterocycles. The largest absolute Gasteiger partial charge is 0.379 e. The number of rotatable bonds is 4. The molecule has 0 spiro atoms. The van der Waals surface area contributed by atoms with Crippen LogP contribution in [0.2, 0.25) is 0 Å². The van der Waals surface area contributed by atoms with Crippen LogP contribution in [0.5, 0.6) is 0 Å². The van der Waals surface area contributed by atoms with Crippen molar-refractivity contribution in [3.8, 4) is 0 Å². The number of benzene rings is 1. The van der Waals surface area contributed by atoms with Crippen molar-refractivity contribution in [3.05, 3.63) is 29.8 Å². The first-order valence-corrected chi connectivity index (χ1v) is 6.04. The van der Waals surface area contributed by atoms with E-state index in [2.05, 4.69) is 41.8 Å². The molecular weight excluding hydrogens is 184 g/mol. The van der Waals surface area contributed by atoms with Gasteiger partial charge < -0.3 is 10.6 Å². The van der Waals surface area contributed by atoms with Gasteiger partial charge in [0.15, 0.2) is 0 Å². The third kappa shape index (κ3) is 2.96. The summed E-state index contributed by atoms with van der Waals surface area (Å²) in [6, 6.07) is 9.58. The second kappa shape index (κ2) is 5.17. The molecule has 1 aromatic carbocycles. The molecule has 2 rings (SSSR count). The van der Waals surface area contributed by atoms with Crippen LogP contribution in [0.1, 0.15) is 25.3 Å². The average Bonchev–Trinajstić information content (AvgIpc) is 2.80. The third-order valence-electron chi connectivity index (χ3n) is 3.21. The number of hydrogen-bond acceptors (Lipinski definition) is 1. The Balaban J connectivity index is 1.82. The molecule has 0 saturated carbocycles. The Hall–Kier alpha value is -1.02. The molecule has 1 heterocycles. The molecule has 15 heavy (non-hydrogen) atoms. The SMILES string of the molecule is CCc1ccc(NC[C@H]2CCC[NH2+]2)cc1. The van der Waals surface area contributed by atoms with E-state index < -0.39 is 0 Å². The lowest BCUT2D eigenvalue weighted by Crippen LogP contribution is -2.87. The topological polar surface area (TPSA) is 28.6 Å². The minimum absolute atomic E-state index is 0.788. The van der Waals surface area contributed by atoms with E-state index in [1.54, 1.807) is 0 Å². The van der Waals surface area contributed by atoms with Crippen molar-refractivity contribution in [2.75, 3.05) is 18.4 Å². The zero-order valence-electron chi connectivity index (χ0n) is 9.50. The van der Waals surface area contributed by atoms with Crippen molar-refractivity contribution in [3.63, 3.8) is 0 Å². The second-order valence-electron chi connectivity index (χ2n) is 4.36. The van der Waals surface area contributed by atoms with E-state index in [4.69, 9.17) is 0 Å². The Morgan fingerprint density at radius 2 is 2.13 bits per heavy atom. The van der Waals surface area contributed by atoms with Crippen LogP contribution in [0.15, 0.2) is 24.3 Å². The Kier molecular flexibility index (Phi) is 3.62. The van der Waals surface area contributed by atoms with Crippen LogP contribution in [0, 0.1) is 0 Å². The predicted octanol–water partition coefficient (Wildman–Crippen LogP) is 1.39. The van der Waals surface area contributed by atoms with Crippen LogP contribution in [-0.4, -0.2) is 19.1 Å². The highest BCUT2D eigenvalue weighted by molar-refractivity contribution is 5.44. The van der Waals surface area contributed by atoms with E-state index in [0.29, 0.717) is 0 Å². The number of nitrogens with two attached hydrogens (primary N) is 1. The molecule has 0 aromatic heterocycles. The van der Waals surface area contributed by atoms with E-state index in [1.165, 1.54) is 30.6 Å². The van der Waals surface area contributed by atoms with Crippen LogP contribution < -0.4 is 10.6 Å². The van der Waals surface area contributed by atoms with Gasteiger partial charge in [-0.25, -0.2) is 0 Å². The summed E-state index contributed by atoms with van der Waals surface area (Å²) in [7, 11) is 0. The van der Waals surface area contributed by atoms with Gasteiger partial charge in [-0.3, -0.25) is 0 Å². The smallest absolute Gasteiger partial charge is 0.104 e. The summed E-state index contributed by atoms with van der Waals surface area (Å²) in [5.41, 5.74) is 2.67. The molecule has 2 nitrogen and oxygen atoms in total. The van der Waals surface area contributed by atoms with Gasteiger partial charge in [0.1, 0.15) is 6.04 Å². The van der Waals surface area contributed by atoms with Crippen LogP contribution in [0.3, 0.4) is 0 Å². The Morgan fingerprint density at radius 1 is 1.33 bits per heavy atom. The van der Waals surface area contributed by atoms with Gasteiger partial charge in [-0.15, -0.1) is 0 Å². The van der Waals surface area contributed by atoms with Gasteiger partial charge in [-0.1, -0.05) is 19.1 Å². The summed E-state index contributed by atoms with van der Waals surface area (Å²) >= 11 is 0. The summed E-state index contributed by atoms with van der Waals surface area (Å²) < 4.78 is 0. The number of hydrogen-bond donors (Lipinski definition) is 2. The van der Waals surface area contributed by atoms with E-state index in [0.717, 1.165) is 19.0 Å². The van der Waals surface area contributed by atoms with Crippen molar-refractivity contribution in [1.29, 1.82) is 0 Å². The van der Waals surface area contributed by atoms with Gasteiger partial charge in [0, 0.05) is 18.5 Å². The highest BCUT2D eigenvalue weighted by atomic mass is 15.0. The maximum Gasteiger partial charge on any atom is 0.104 e. The fourth-order valence-corrected chi connectivity index (χ4v) is 2.14. The predicted molar refractivity (Wildman–Crippen MR) is 64.1 cm³/mol. The van der Waals surface area contributed by atoms with Crippen molar-refractivity contribution < 1.29 is 5.32 Å². The lowest BCUT2D eigenvalue weighted by Gasteiger charge is -2.10. The van der Waals surface area contributed by atoms with Gasteiger partial charge in [-0.2, -0.15) is 0 Å². The quantitative estimate of drug-likeness (QED) is 0.764. The van der Waals surface area contributed by atoms with E-state index in [-0.39, 0.29) is 0 Å². The van der Waals surface area contributed by atoms with Crippen molar-refractivity contribution >= 4 is 5.69 Å². The molecule has 1 aromatic rings. The molecule has 1 fully saturated rings. The first kappa shape index (κ1) is 10.5. The van der Waals surface area contributed by atoms with Crippen molar-refractivity contribution in [2.45, 2.75) is 32.2 Å². The molecule has 82 valence electrons. The molecule has 0 aliphatic carbocycles. The molecule has 3 N–H and O–H groups in total. The highest BCUT2D eigenvalue weighted by Crippen LogP contribution is 2.10. The Morgan fingerprint density at radius 3 is 2.73 bits per heavy atom. The Labute approximate surface area is 92.1 Å². The normalized spacial score (nSPS) is 20.5. The van der Waals surface area contributed by atoms with Gasteiger partial charge >= 0.3 is 0 Å². The monoisotopic (exact) mass is 205 g/mol. The standard InChI is InChI=1S/C13H20N2/c1-2-11-5-7-12(8-6-11)15-10-13-4-3-9-14-13/h5-8,13-15H,2-4,9-10H2,1H3/p+1/t13-/m1/s1. The first-order chi connectivity index (χ1) is 7.38. The summed E-state index contributed by atoms with van der Waals surface area (Å²) in [5, 5.41) is 5.96. The minimum Gasteiger partial charge on any atom is -0.379 e. The van der Waals surface area contributed by atoms with E-state index in [1.807, 2.05) is 0 Å². The van der Waals surface area contributed by atoms with Crippen molar-refractivity contribution in [2.24, 2.45) is 0 Å². The van der Waals surface area contributed by atoms with Crippen LogP contribution >= 0.6 is 0 Å². The molecule has 0 unspecified atom stereocenters. The number of anilines is 1. The number of aryl methyl sites for hydroxylation is 1. The van der Waals surface area contributed by atoms with E-state index >= 15 is 0 Å². The summed E-state index contributed by atoms with van der Waals surface area (Å²) in [6.07, 6.45) is 3.86. The fourth-order valence-electron chi connectivity index (χ4n) is 2.14. The average molecular weight is 205 g/mol. The zero-order chi connectivity index (χ0) is 10.5. The van der Waals surface area contributed by atoms with Crippen LogP contribution in [0.25, 0.3) is 0 Å². The van der Waals surface area contributed by atoms with Crippen LogP contribution in [0.4, 0.5) is 5.69 Å². The van der Waals surface area contributed by atoms with Gasteiger partial charge in [-0.05, 0) is 24.1 Å². The maximum atomic E-state index is 3.51. The molecule has 1 aliphatic heterocycles. The van der Waals surface area contributed by atoms with Crippen LogP contribution in [-0.2, 0) is 6.42 Å². The lowest BCUT2D eigenvalue weighted by molar-refractivity contribution is -0.666. The molecule has 0 bridgehead atoms. The minimum atomic E-state index is 0.788. The van der Waals surface area contributed by atoms with E-state index in [9.17, 15) is 0 Å². The number of quaternary nitrogens is 1. The summed E-state index contributed by atoms with van der Waals surface area (Å²) in [6.45, 7) is 4.60. The lowest BCUT2D eigenvalue weighted by atomic mass is 10.1. The molecule has 1 aliphatic rings. The molecule has 0 amide bonds. The highest BCUT2D eigenvalue weighted by Gasteiger charge is 2.17. The fraction of sp³-hybridized carbons (Fsp3) is 0.538. The third-order valence-corrected chi connectivity index (χ3v) is 3.21. The number of nitrogens with one attached hydrogen (secondary N) is 1. The molecule has 2 heteroatoms. The molecular formula is C13H21N2+. The molecule has 0 radical (unpaired) electrons. The van der Waals surface area contributed by atoms with Gasteiger partial charge in [0.25, 0.3) is 0 Å². The summed E-state index contributed by atoms with van der Waals surface area (Å²) in [5.74, 6) is 0. The summed E-state index contributed by atoms with van der Waals surface area (Å²) in [4.78, 5) is 0.